The first-order valence-electron chi connectivity index (χ1n) is 6.34. The standard InChI is InChI=1S/C14H16N2O4/c1-3-14(2,13(19)20)16-12(18)8-4-5-10-9(6-8)7-11(17)15-10/h4-6H,3,7H2,1-2H3,(H,15,17)(H,16,18)(H,19,20). The molecular formula is C14H16N2O4. The molecule has 106 valence electrons. The molecule has 3 N–H and O–H groups in total. The van der Waals surface area contributed by atoms with Gasteiger partial charge < -0.3 is 15.7 Å². The van der Waals surface area contributed by atoms with Crippen molar-refractivity contribution in [3.8, 4) is 0 Å². The molecule has 0 fully saturated rings. The highest BCUT2D eigenvalue weighted by Gasteiger charge is 2.33. The molecule has 6 heteroatoms. The molecule has 0 aromatic heterocycles. The molecule has 0 radical (unpaired) electrons. The third-order valence-corrected chi connectivity index (χ3v) is 3.56. The van der Waals surface area contributed by atoms with Gasteiger partial charge in [0.25, 0.3) is 5.91 Å². The molecule has 20 heavy (non-hydrogen) atoms. The number of hydrogen-bond donors (Lipinski definition) is 3. The third-order valence-electron chi connectivity index (χ3n) is 3.56. The minimum Gasteiger partial charge on any atom is -0.480 e. The Morgan fingerprint density at radius 2 is 2.15 bits per heavy atom. The number of benzene rings is 1. The fourth-order valence-corrected chi connectivity index (χ4v) is 1.99. The van der Waals surface area contributed by atoms with Gasteiger partial charge in [0.1, 0.15) is 5.54 Å². The highest BCUT2D eigenvalue weighted by molar-refractivity contribution is 6.02. The van der Waals surface area contributed by atoms with Crippen molar-refractivity contribution in [2.75, 3.05) is 5.32 Å². The van der Waals surface area contributed by atoms with E-state index in [9.17, 15) is 14.4 Å². The zero-order valence-electron chi connectivity index (χ0n) is 11.3. The molecule has 0 spiro atoms. The van der Waals surface area contributed by atoms with Crippen LogP contribution in [0.2, 0.25) is 0 Å². The van der Waals surface area contributed by atoms with Gasteiger partial charge in [-0.05, 0) is 37.1 Å². The molecule has 1 unspecified atom stereocenters. The molecule has 6 nitrogen and oxygen atoms in total. The summed E-state index contributed by atoms with van der Waals surface area (Å²) >= 11 is 0. The van der Waals surface area contributed by atoms with Crippen LogP contribution in [0.25, 0.3) is 0 Å². The van der Waals surface area contributed by atoms with E-state index in [0.29, 0.717) is 11.3 Å². The number of carboxylic acids is 1. The lowest BCUT2D eigenvalue weighted by molar-refractivity contribution is -0.143. The Hall–Kier alpha value is -2.37. The predicted octanol–water partition coefficient (Wildman–Crippen LogP) is 1.16. The van der Waals surface area contributed by atoms with Gasteiger partial charge in [0, 0.05) is 11.3 Å². The normalized spacial score (nSPS) is 16.0. The van der Waals surface area contributed by atoms with E-state index in [-0.39, 0.29) is 18.7 Å². The number of carboxylic acid groups (broad SMARTS) is 1. The largest absolute Gasteiger partial charge is 0.480 e. The van der Waals surface area contributed by atoms with Gasteiger partial charge in [-0.1, -0.05) is 6.92 Å². The summed E-state index contributed by atoms with van der Waals surface area (Å²) in [4.78, 5) is 34.6. The summed E-state index contributed by atoms with van der Waals surface area (Å²) in [5, 5.41) is 14.3. The number of carbonyl (C=O) groups excluding carboxylic acids is 2. The molecule has 0 bridgehead atoms. The number of anilines is 1. The van der Waals surface area contributed by atoms with Gasteiger partial charge in [-0.2, -0.15) is 0 Å². The van der Waals surface area contributed by atoms with Crippen LogP contribution < -0.4 is 10.6 Å². The van der Waals surface area contributed by atoms with E-state index < -0.39 is 17.4 Å². The Morgan fingerprint density at radius 3 is 2.75 bits per heavy atom. The SMILES string of the molecule is CCC(C)(NC(=O)c1ccc2c(c1)CC(=O)N2)C(=O)O. The van der Waals surface area contributed by atoms with Crippen molar-refractivity contribution in [2.24, 2.45) is 0 Å². The summed E-state index contributed by atoms with van der Waals surface area (Å²) in [7, 11) is 0. The third kappa shape index (κ3) is 2.49. The lowest BCUT2D eigenvalue weighted by Crippen LogP contribution is -2.51. The minimum absolute atomic E-state index is 0.110. The van der Waals surface area contributed by atoms with E-state index in [0.717, 1.165) is 5.56 Å². The number of rotatable bonds is 4. The van der Waals surface area contributed by atoms with Gasteiger partial charge in [-0.15, -0.1) is 0 Å². The molecule has 1 heterocycles. The van der Waals surface area contributed by atoms with Crippen LogP contribution in [0, 0.1) is 0 Å². The highest BCUT2D eigenvalue weighted by Crippen LogP contribution is 2.24. The lowest BCUT2D eigenvalue weighted by atomic mass is 9.98. The molecule has 0 saturated heterocycles. The smallest absolute Gasteiger partial charge is 0.329 e. The number of nitrogens with one attached hydrogen (secondary N) is 2. The van der Waals surface area contributed by atoms with Gasteiger partial charge in [0.05, 0.1) is 6.42 Å². The van der Waals surface area contributed by atoms with Gasteiger partial charge in [0.2, 0.25) is 5.91 Å². The maximum absolute atomic E-state index is 12.1. The van der Waals surface area contributed by atoms with Crippen LogP contribution in [-0.2, 0) is 16.0 Å². The lowest BCUT2D eigenvalue weighted by Gasteiger charge is -2.24. The predicted molar refractivity (Wildman–Crippen MR) is 72.6 cm³/mol. The van der Waals surface area contributed by atoms with Crippen LogP contribution in [-0.4, -0.2) is 28.4 Å². The zero-order valence-corrected chi connectivity index (χ0v) is 11.3. The summed E-state index contributed by atoms with van der Waals surface area (Å²) in [6.45, 7) is 3.16. The summed E-state index contributed by atoms with van der Waals surface area (Å²) in [5.41, 5.74) is 0.491. The molecule has 2 rings (SSSR count). The Morgan fingerprint density at radius 1 is 1.45 bits per heavy atom. The highest BCUT2D eigenvalue weighted by atomic mass is 16.4. The average molecular weight is 276 g/mol. The maximum Gasteiger partial charge on any atom is 0.329 e. The number of amides is 2. The number of aliphatic carboxylic acids is 1. The summed E-state index contributed by atoms with van der Waals surface area (Å²) in [6, 6.07) is 4.83. The molecule has 1 aromatic carbocycles. The summed E-state index contributed by atoms with van der Waals surface area (Å²) in [6.07, 6.45) is 0.513. The second-order valence-electron chi connectivity index (χ2n) is 5.04. The van der Waals surface area contributed by atoms with E-state index in [1.54, 1.807) is 25.1 Å². The molecule has 1 aliphatic rings. The van der Waals surface area contributed by atoms with Gasteiger partial charge >= 0.3 is 5.97 Å². The second kappa shape index (κ2) is 4.96. The quantitative estimate of drug-likeness (QED) is 0.769. The van der Waals surface area contributed by atoms with Crippen molar-refractivity contribution in [1.29, 1.82) is 0 Å². The molecular weight excluding hydrogens is 260 g/mol. The first-order chi connectivity index (χ1) is 9.35. The second-order valence-corrected chi connectivity index (χ2v) is 5.04. The van der Waals surface area contributed by atoms with E-state index >= 15 is 0 Å². The summed E-state index contributed by atoms with van der Waals surface area (Å²) < 4.78 is 0. The Balaban J connectivity index is 2.21. The van der Waals surface area contributed by atoms with Crippen molar-refractivity contribution in [3.63, 3.8) is 0 Å². The number of hydrogen-bond acceptors (Lipinski definition) is 3. The fourth-order valence-electron chi connectivity index (χ4n) is 1.99. The zero-order chi connectivity index (χ0) is 14.9. The molecule has 0 saturated carbocycles. The average Bonchev–Trinajstić information content (AvgIpc) is 2.77. The van der Waals surface area contributed by atoms with Crippen LogP contribution in [0.1, 0.15) is 36.2 Å². The fraction of sp³-hybridized carbons (Fsp3) is 0.357. The first kappa shape index (κ1) is 14.0. The molecule has 0 aliphatic carbocycles. The van der Waals surface area contributed by atoms with Crippen molar-refractivity contribution < 1.29 is 19.5 Å². The Kier molecular flexibility index (Phi) is 3.48. The van der Waals surface area contributed by atoms with Crippen LogP contribution in [0.5, 0.6) is 0 Å². The van der Waals surface area contributed by atoms with Crippen LogP contribution in [0.4, 0.5) is 5.69 Å². The molecule has 2 amide bonds. The van der Waals surface area contributed by atoms with E-state index in [2.05, 4.69) is 10.6 Å². The number of fused-ring (bicyclic) bond motifs is 1. The van der Waals surface area contributed by atoms with Gasteiger partial charge in [0.15, 0.2) is 0 Å². The van der Waals surface area contributed by atoms with Crippen molar-refractivity contribution in [3.05, 3.63) is 29.3 Å². The van der Waals surface area contributed by atoms with E-state index in [1.165, 1.54) is 6.92 Å². The minimum atomic E-state index is -1.30. The Labute approximate surface area is 116 Å². The van der Waals surface area contributed by atoms with Crippen molar-refractivity contribution >= 4 is 23.5 Å². The van der Waals surface area contributed by atoms with E-state index in [1.807, 2.05) is 0 Å². The van der Waals surface area contributed by atoms with Crippen LogP contribution >= 0.6 is 0 Å². The first-order valence-corrected chi connectivity index (χ1v) is 6.34. The maximum atomic E-state index is 12.1. The van der Waals surface area contributed by atoms with Crippen LogP contribution in [0.3, 0.4) is 0 Å². The topological polar surface area (TPSA) is 95.5 Å². The van der Waals surface area contributed by atoms with Crippen LogP contribution in [0.15, 0.2) is 18.2 Å². The van der Waals surface area contributed by atoms with Crippen molar-refractivity contribution in [2.45, 2.75) is 32.2 Å². The molecule has 1 aliphatic heterocycles. The summed E-state index contributed by atoms with van der Waals surface area (Å²) in [5.74, 6) is -1.65. The Bertz CT molecular complexity index is 597. The monoisotopic (exact) mass is 276 g/mol. The molecule has 1 aromatic rings. The molecule has 1 atom stereocenters. The van der Waals surface area contributed by atoms with Gasteiger partial charge in [-0.3, -0.25) is 9.59 Å². The number of carbonyl (C=O) groups is 3. The van der Waals surface area contributed by atoms with Gasteiger partial charge in [-0.25, -0.2) is 4.79 Å². The van der Waals surface area contributed by atoms with E-state index in [4.69, 9.17) is 5.11 Å². The van der Waals surface area contributed by atoms with Crippen molar-refractivity contribution in [1.82, 2.24) is 5.32 Å².